The van der Waals surface area contributed by atoms with Crippen molar-refractivity contribution in [2.75, 3.05) is 41.8 Å². The third kappa shape index (κ3) is 3.93. The van der Waals surface area contributed by atoms with Gasteiger partial charge in [-0.25, -0.2) is 14.4 Å². The summed E-state index contributed by atoms with van der Waals surface area (Å²) in [6.07, 6.45) is 2.92. The minimum atomic E-state index is -3.03. The first-order valence-corrected chi connectivity index (χ1v) is 10.2. The zero-order valence-corrected chi connectivity index (χ0v) is 17.0. The van der Waals surface area contributed by atoms with Crippen LogP contribution in [0.2, 0.25) is 0 Å². The maximum Gasteiger partial charge on any atom is 0.387 e. The Morgan fingerprint density at radius 3 is 2.81 bits per heavy atom. The predicted octanol–water partition coefficient (Wildman–Crippen LogP) is 2.64. The van der Waals surface area contributed by atoms with Crippen LogP contribution in [-0.4, -0.2) is 65.6 Å². The van der Waals surface area contributed by atoms with Crippen molar-refractivity contribution in [3.05, 3.63) is 18.3 Å². The van der Waals surface area contributed by atoms with E-state index in [1.807, 2.05) is 0 Å². The Balaban J connectivity index is 1.55. The molecule has 0 aliphatic carbocycles. The monoisotopic (exact) mass is 436 g/mol. The van der Waals surface area contributed by atoms with Crippen LogP contribution in [0.5, 0.6) is 5.75 Å². The maximum absolute atomic E-state index is 14.5. The molecule has 0 saturated carbocycles. The van der Waals surface area contributed by atoms with Gasteiger partial charge in [-0.1, -0.05) is 0 Å². The molecular weight excluding hydrogens is 413 g/mol. The van der Waals surface area contributed by atoms with Gasteiger partial charge in [0.2, 0.25) is 5.95 Å². The molecule has 8 nitrogen and oxygen atoms in total. The molecule has 2 bridgehead atoms. The highest BCUT2D eigenvalue weighted by molar-refractivity contribution is 5.68. The molecule has 3 unspecified atom stereocenters. The van der Waals surface area contributed by atoms with E-state index in [4.69, 9.17) is 15.5 Å². The number of pyridine rings is 1. The summed E-state index contributed by atoms with van der Waals surface area (Å²) < 4.78 is 50.1. The summed E-state index contributed by atoms with van der Waals surface area (Å²) >= 11 is 0. The Kier molecular flexibility index (Phi) is 4.80. The smallest absolute Gasteiger partial charge is 0.387 e. The minimum Gasteiger partial charge on any atom is -0.431 e. The van der Waals surface area contributed by atoms with Gasteiger partial charge in [0.15, 0.2) is 11.6 Å². The highest BCUT2D eigenvalue weighted by atomic mass is 19.3. The normalized spacial score (nSPS) is 27.5. The third-order valence-corrected chi connectivity index (χ3v) is 6.00. The first-order valence-electron chi connectivity index (χ1n) is 10.2. The van der Waals surface area contributed by atoms with Crippen molar-refractivity contribution in [3.63, 3.8) is 0 Å². The van der Waals surface area contributed by atoms with Gasteiger partial charge in [0.05, 0.1) is 31.0 Å². The van der Waals surface area contributed by atoms with Gasteiger partial charge in [-0.3, -0.25) is 0 Å². The molecule has 2 aromatic heterocycles. The van der Waals surface area contributed by atoms with Crippen molar-refractivity contribution in [1.82, 2.24) is 15.0 Å². The van der Waals surface area contributed by atoms with Gasteiger partial charge in [-0.15, -0.1) is 0 Å². The molecule has 2 N–H and O–H groups in total. The molecule has 3 aliphatic rings. The van der Waals surface area contributed by atoms with E-state index < -0.39 is 12.3 Å². The summed E-state index contributed by atoms with van der Waals surface area (Å²) in [6.45, 7) is 0.549. The minimum absolute atomic E-state index is 0.139. The first kappa shape index (κ1) is 20.1. The number of halogens is 3. The standard InChI is InChI=1S/C20H23F3N6O2/c1-20(23)2-3-28(10-20)19-26-14(11-4-15(31-18(21)22)17(24)25-7-11)6-16(27-19)29-8-13-5-12(29)9-30-13/h4,6-7,12-13,18H,2-3,5,8-10H2,1H3,(H2,24,25). The zero-order chi connectivity index (χ0) is 21.8. The molecule has 3 fully saturated rings. The largest absolute Gasteiger partial charge is 0.431 e. The number of hydrogen-bond donors (Lipinski definition) is 1. The average molecular weight is 436 g/mol. The Hall–Kier alpha value is -2.82. The fourth-order valence-electron chi connectivity index (χ4n) is 4.42. The summed E-state index contributed by atoms with van der Waals surface area (Å²) in [4.78, 5) is 17.3. The van der Waals surface area contributed by atoms with Gasteiger partial charge in [-0.05, 0) is 19.4 Å². The van der Waals surface area contributed by atoms with Crippen molar-refractivity contribution in [3.8, 4) is 17.0 Å². The van der Waals surface area contributed by atoms with E-state index in [2.05, 4.69) is 19.6 Å². The molecule has 3 aliphatic heterocycles. The first-order chi connectivity index (χ1) is 14.8. The van der Waals surface area contributed by atoms with Gasteiger partial charge < -0.3 is 25.0 Å². The van der Waals surface area contributed by atoms with E-state index >= 15 is 0 Å². The van der Waals surface area contributed by atoms with Crippen molar-refractivity contribution >= 4 is 17.6 Å². The Morgan fingerprint density at radius 2 is 2.16 bits per heavy atom. The topological polar surface area (TPSA) is 89.6 Å². The van der Waals surface area contributed by atoms with Crippen molar-refractivity contribution in [1.29, 1.82) is 0 Å². The van der Waals surface area contributed by atoms with Crippen LogP contribution in [0, 0.1) is 0 Å². The molecule has 2 aromatic rings. The lowest BCUT2D eigenvalue weighted by molar-refractivity contribution is -0.0494. The molecule has 11 heteroatoms. The summed E-state index contributed by atoms with van der Waals surface area (Å²) in [5.41, 5.74) is 5.28. The molecule has 0 amide bonds. The predicted molar refractivity (Wildman–Crippen MR) is 108 cm³/mol. The lowest BCUT2D eigenvalue weighted by atomic mass is 10.1. The molecule has 0 radical (unpaired) electrons. The number of aromatic nitrogens is 3. The molecule has 5 heterocycles. The molecular formula is C20H23F3N6O2. The molecule has 3 saturated heterocycles. The lowest BCUT2D eigenvalue weighted by Gasteiger charge is -2.29. The Morgan fingerprint density at radius 1 is 1.32 bits per heavy atom. The number of anilines is 3. The molecule has 166 valence electrons. The number of nitrogens with zero attached hydrogens (tertiary/aromatic N) is 5. The second-order valence-corrected chi connectivity index (χ2v) is 8.48. The van der Waals surface area contributed by atoms with Crippen LogP contribution in [0.1, 0.15) is 19.8 Å². The summed E-state index contributed by atoms with van der Waals surface area (Å²) in [6, 6.07) is 3.38. The van der Waals surface area contributed by atoms with Crippen LogP contribution in [0.4, 0.5) is 30.8 Å². The number of ether oxygens (including phenoxy) is 2. The van der Waals surface area contributed by atoms with Crippen molar-refractivity contribution in [2.45, 2.75) is 44.2 Å². The van der Waals surface area contributed by atoms with Gasteiger partial charge >= 0.3 is 6.61 Å². The van der Waals surface area contributed by atoms with Crippen LogP contribution in [0.15, 0.2) is 18.3 Å². The number of morpholine rings is 1. The quantitative estimate of drug-likeness (QED) is 0.765. The van der Waals surface area contributed by atoms with Crippen LogP contribution in [-0.2, 0) is 4.74 Å². The summed E-state index contributed by atoms with van der Waals surface area (Å²) in [5.74, 6) is 0.725. The van der Waals surface area contributed by atoms with Crippen LogP contribution < -0.4 is 20.3 Å². The molecule has 0 aromatic carbocycles. The lowest BCUT2D eigenvalue weighted by Crippen LogP contribution is -2.38. The van der Waals surface area contributed by atoms with Crippen molar-refractivity contribution in [2.24, 2.45) is 0 Å². The van der Waals surface area contributed by atoms with E-state index in [1.165, 1.54) is 12.3 Å². The summed E-state index contributed by atoms with van der Waals surface area (Å²) in [5, 5.41) is 0. The van der Waals surface area contributed by atoms with E-state index in [-0.39, 0.29) is 30.3 Å². The molecule has 3 atom stereocenters. The Bertz CT molecular complexity index is 991. The maximum atomic E-state index is 14.5. The number of hydrogen-bond acceptors (Lipinski definition) is 8. The SMILES string of the molecule is CC1(F)CCN(c2nc(-c3cnc(N)c(OC(F)F)c3)cc(N3CC4CC3CO4)n2)C1. The van der Waals surface area contributed by atoms with E-state index in [0.29, 0.717) is 49.1 Å². The number of alkyl halides is 3. The molecule has 0 spiro atoms. The zero-order valence-electron chi connectivity index (χ0n) is 17.0. The second-order valence-electron chi connectivity index (χ2n) is 8.48. The average Bonchev–Trinajstić information content (AvgIpc) is 3.44. The number of nitrogens with two attached hydrogens (primary N) is 1. The summed E-state index contributed by atoms with van der Waals surface area (Å²) in [7, 11) is 0. The number of fused-ring (bicyclic) bond motifs is 2. The van der Waals surface area contributed by atoms with Crippen LogP contribution in [0.3, 0.4) is 0 Å². The second kappa shape index (κ2) is 7.40. The van der Waals surface area contributed by atoms with E-state index in [9.17, 15) is 13.2 Å². The van der Waals surface area contributed by atoms with Crippen LogP contribution in [0.25, 0.3) is 11.3 Å². The number of nitrogen functional groups attached to an aromatic ring is 1. The van der Waals surface area contributed by atoms with Crippen molar-refractivity contribution < 1.29 is 22.6 Å². The van der Waals surface area contributed by atoms with Gasteiger partial charge in [0, 0.05) is 37.3 Å². The third-order valence-electron chi connectivity index (χ3n) is 6.00. The Labute approximate surface area is 177 Å². The molecule has 5 rings (SSSR count). The van der Waals surface area contributed by atoms with Gasteiger partial charge in [-0.2, -0.15) is 13.8 Å². The fraction of sp³-hybridized carbons (Fsp3) is 0.550. The fourth-order valence-corrected chi connectivity index (χ4v) is 4.42. The number of rotatable bonds is 5. The van der Waals surface area contributed by atoms with Crippen LogP contribution >= 0.6 is 0 Å². The highest BCUT2D eigenvalue weighted by Gasteiger charge is 2.40. The van der Waals surface area contributed by atoms with E-state index in [0.717, 1.165) is 6.42 Å². The molecule has 31 heavy (non-hydrogen) atoms. The highest BCUT2D eigenvalue weighted by Crippen LogP contribution is 2.36. The van der Waals surface area contributed by atoms with Gasteiger partial charge in [0.1, 0.15) is 11.5 Å². The van der Waals surface area contributed by atoms with E-state index in [1.54, 1.807) is 17.9 Å². The van der Waals surface area contributed by atoms with Gasteiger partial charge in [0.25, 0.3) is 0 Å².